The van der Waals surface area contributed by atoms with E-state index < -0.39 is 0 Å². The summed E-state index contributed by atoms with van der Waals surface area (Å²) < 4.78 is 0.566. The third-order valence-electron chi connectivity index (χ3n) is 3.15. The quantitative estimate of drug-likeness (QED) is 0.607. The van der Waals surface area contributed by atoms with Gasteiger partial charge in [-0.1, -0.05) is 47.4 Å². The summed E-state index contributed by atoms with van der Waals surface area (Å²) in [6.45, 7) is 0.376. The number of amides is 2. The van der Waals surface area contributed by atoms with E-state index in [1.54, 1.807) is 18.3 Å². The van der Waals surface area contributed by atoms with Crippen molar-refractivity contribution in [2.75, 3.05) is 11.1 Å². The predicted molar refractivity (Wildman–Crippen MR) is 101 cm³/mol. The molecule has 1 aromatic carbocycles. The van der Waals surface area contributed by atoms with Crippen LogP contribution in [0.1, 0.15) is 15.5 Å². The Morgan fingerprint density at radius 1 is 1.04 bits per heavy atom. The lowest BCUT2D eigenvalue weighted by atomic mass is 10.3. The molecule has 0 unspecified atom stereocenters. The number of anilines is 1. The molecule has 2 aromatic heterocycles. The Hall–Kier alpha value is -2.78. The average molecular weight is 385 g/mol. The van der Waals surface area contributed by atoms with Gasteiger partial charge in [0.05, 0.1) is 18.0 Å². The molecule has 2 amide bonds. The molecule has 0 fully saturated rings. The van der Waals surface area contributed by atoms with E-state index >= 15 is 0 Å². The van der Waals surface area contributed by atoms with Gasteiger partial charge in [-0.05, 0) is 24.3 Å². The minimum atomic E-state index is -0.319. The lowest BCUT2D eigenvalue weighted by molar-refractivity contribution is -0.118. The van der Waals surface area contributed by atoms with Crippen molar-refractivity contribution in [3.05, 3.63) is 65.4 Å². The summed E-state index contributed by atoms with van der Waals surface area (Å²) in [7, 11) is 0. The summed E-state index contributed by atoms with van der Waals surface area (Å²) in [6, 6.07) is 14.7. The molecule has 0 aliphatic carbocycles. The van der Waals surface area contributed by atoms with Gasteiger partial charge in [0.2, 0.25) is 10.9 Å². The molecule has 0 atom stereocenters. The maximum Gasteiger partial charge on any atom is 0.286 e. The molecule has 132 valence electrons. The summed E-state index contributed by atoms with van der Waals surface area (Å²) in [4.78, 5) is 28.2. The van der Waals surface area contributed by atoms with Crippen molar-refractivity contribution in [1.82, 2.24) is 20.5 Å². The van der Waals surface area contributed by atoms with E-state index in [4.69, 9.17) is 0 Å². The van der Waals surface area contributed by atoms with Gasteiger partial charge in [0.1, 0.15) is 0 Å². The Kier molecular flexibility index (Phi) is 6.29. The summed E-state index contributed by atoms with van der Waals surface area (Å²) in [5.74, 6) is -0.256. The molecule has 3 rings (SSSR count). The van der Waals surface area contributed by atoms with E-state index in [1.165, 1.54) is 11.8 Å². The fourth-order valence-corrected chi connectivity index (χ4v) is 3.51. The number of nitrogens with one attached hydrogen (secondary N) is 2. The van der Waals surface area contributed by atoms with Crippen molar-refractivity contribution in [3.63, 3.8) is 0 Å². The first-order valence-corrected chi connectivity index (χ1v) is 9.50. The van der Waals surface area contributed by atoms with E-state index in [1.807, 2.05) is 36.4 Å². The number of nitrogens with zero attached hydrogens (tertiary/aromatic N) is 3. The molecule has 0 radical (unpaired) electrons. The molecule has 3 aromatic rings. The number of para-hydroxylation sites is 1. The molecule has 0 spiro atoms. The zero-order valence-electron chi connectivity index (χ0n) is 13.6. The van der Waals surface area contributed by atoms with Gasteiger partial charge in [-0.25, -0.2) is 0 Å². The Morgan fingerprint density at radius 3 is 2.62 bits per heavy atom. The van der Waals surface area contributed by atoms with Gasteiger partial charge in [0.25, 0.3) is 5.91 Å². The average Bonchev–Trinajstić information content (AvgIpc) is 3.16. The highest BCUT2D eigenvalue weighted by molar-refractivity contribution is 8.01. The Labute approximate surface area is 158 Å². The Balaban J connectivity index is 1.46. The summed E-state index contributed by atoms with van der Waals surface area (Å²) in [5.41, 5.74) is 1.48. The summed E-state index contributed by atoms with van der Waals surface area (Å²) >= 11 is 2.39. The van der Waals surface area contributed by atoms with Crippen molar-refractivity contribution in [3.8, 4) is 0 Å². The zero-order chi connectivity index (χ0) is 18.2. The number of carbonyl (C=O) groups excluding carboxylic acids is 2. The van der Waals surface area contributed by atoms with Crippen LogP contribution in [-0.4, -0.2) is 32.7 Å². The topological polar surface area (TPSA) is 96.9 Å². The molecular formula is C17H15N5O2S2. The SMILES string of the molecule is O=C(CSc1nnc(C(=O)Nc2ccccc2)s1)NCc1ccccn1. The highest BCUT2D eigenvalue weighted by Gasteiger charge is 2.14. The van der Waals surface area contributed by atoms with Crippen molar-refractivity contribution >= 4 is 40.6 Å². The first-order valence-electron chi connectivity index (χ1n) is 7.70. The number of hydrogen-bond acceptors (Lipinski definition) is 7. The summed E-state index contributed by atoms with van der Waals surface area (Å²) in [5, 5.41) is 13.6. The lowest BCUT2D eigenvalue weighted by Gasteiger charge is -2.03. The molecule has 26 heavy (non-hydrogen) atoms. The normalized spacial score (nSPS) is 10.3. The third kappa shape index (κ3) is 5.36. The summed E-state index contributed by atoms with van der Waals surface area (Å²) in [6.07, 6.45) is 1.68. The van der Waals surface area contributed by atoms with Crippen LogP contribution in [-0.2, 0) is 11.3 Å². The number of carbonyl (C=O) groups is 2. The zero-order valence-corrected chi connectivity index (χ0v) is 15.2. The predicted octanol–water partition coefficient (Wildman–Crippen LogP) is 2.59. The van der Waals surface area contributed by atoms with E-state index in [9.17, 15) is 9.59 Å². The molecule has 9 heteroatoms. The van der Waals surface area contributed by atoms with Crippen LogP contribution in [0.3, 0.4) is 0 Å². The van der Waals surface area contributed by atoms with Crippen LogP contribution in [0.25, 0.3) is 0 Å². The van der Waals surface area contributed by atoms with Crippen LogP contribution in [0.2, 0.25) is 0 Å². The van der Waals surface area contributed by atoms with Crippen LogP contribution in [0, 0.1) is 0 Å². The number of benzene rings is 1. The first kappa shape index (κ1) is 18.0. The monoisotopic (exact) mass is 385 g/mol. The largest absolute Gasteiger partial charge is 0.350 e. The minimum Gasteiger partial charge on any atom is -0.350 e. The fraction of sp³-hybridized carbons (Fsp3) is 0.118. The highest BCUT2D eigenvalue weighted by atomic mass is 32.2. The fourth-order valence-electron chi connectivity index (χ4n) is 1.94. The molecule has 0 saturated carbocycles. The number of pyridine rings is 1. The van der Waals surface area contributed by atoms with Crippen LogP contribution in [0.5, 0.6) is 0 Å². The van der Waals surface area contributed by atoms with Gasteiger partial charge in [-0.2, -0.15) is 0 Å². The number of thioether (sulfide) groups is 1. The van der Waals surface area contributed by atoms with Crippen LogP contribution in [0.4, 0.5) is 5.69 Å². The minimum absolute atomic E-state index is 0.133. The number of hydrogen-bond donors (Lipinski definition) is 2. The Morgan fingerprint density at radius 2 is 1.85 bits per heavy atom. The van der Waals surface area contributed by atoms with Crippen molar-refractivity contribution in [2.24, 2.45) is 0 Å². The van der Waals surface area contributed by atoms with Crippen LogP contribution in [0.15, 0.2) is 59.1 Å². The molecular weight excluding hydrogens is 370 g/mol. The maximum absolute atomic E-state index is 12.1. The van der Waals surface area contributed by atoms with Crippen molar-refractivity contribution < 1.29 is 9.59 Å². The van der Waals surface area contributed by atoms with Gasteiger partial charge in [-0.15, -0.1) is 10.2 Å². The molecule has 0 bridgehead atoms. The van der Waals surface area contributed by atoms with Gasteiger partial charge in [0, 0.05) is 11.9 Å². The van der Waals surface area contributed by atoms with Gasteiger partial charge < -0.3 is 10.6 Å². The molecule has 7 nitrogen and oxygen atoms in total. The smallest absolute Gasteiger partial charge is 0.286 e. The number of aromatic nitrogens is 3. The van der Waals surface area contributed by atoms with Crippen molar-refractivity contribution in [2.45, 2.75) is 10.9 Å². The van der Waals surface area contributed by atoms with Crippen molar-refractivity contribution in [1.29, 1.82) is 0 Å². The highest BCUT2D eigenvalue weighted by Crippen LogP contribution is 2.22. The molecule has 2 N–H and O–H groups in total. The van der Waals surface area contributed by atoms with E-state index in [2.05, 4.69) is 25.8 Å². The van der Waals surface area contributed by atoms with E-state index in [-0.39, 0.29) is 22.6 Å². The molecule has 0 aliphatic heterocycles. The first-order chi connectivity index (χ1) is 12.7. The van der Waals surface area contributed by atoms with E-state index in [0.29, 0.717) is 16.6 Å². The molecule has 0 saturated heterocycles. The third-order valence-corrected chi connectivity index (χ3v) is 5.21. The van der Waals surface area contributed by atoms with Crippen LogP contribution >= 0.6 is 23.1 Å². The Bertz CT molecular complexity index is 871. The van der Waals surface area contributed by atoms with Crippen LogP contribution < -0.4 is 10.6 Å². The van der Waals surface area contributed by atoms with Gasteiger partial charge in [0.15, 0.2) is 4.34 Å². The second kappa shape index (κ2) is 9.07. The molecule has 0 aliphatic rings. The van der Waals surface area contributed by atoms with E-state index in [0.717, 1.165) is 17.0 Å². The standard InChI is InChI=1S/C17H15N5O2S2/c23-14(19-10-13-8-4-5-9-18-13)11-25-17-22-21-16(26-17)15(24)20-12-6-2-1-3-7-12/h1-9H,10-11H2,(H,19,23)(H,20,24). The second-order valence-electron chi connectivity index (χ2n) is 5.08. The number of rotatable bonds is 7. The maximum atomic E-state index is 12.1. The van der Waals surface area contributed by atoms with Gasteiger partial charge in [-0.3, -0.25) is 14.6 Å². The molecule has 2 heterocycles. The lowest BCUT2D eigenvalue weighted by Crippen LogP contribution is -2.24. The van der Waals surface area contributed by atoms with Gasteiger partial charge >= 0.3 is 0 Å². The second-order valence-corrected chi connectivity index (χ2v) is 7.28.